The zero-order chi connectivity index (χ0) is 24.0. The molecule has 0 aromatic rings. The second-order valence-corrected chi connectivity index (χ2v) is 12.4. The van der Waals surface area contributed by atoms with Crippen molar-refractivity contribution in [3.63, 3.8) is 0 Å². The van der Waals surface area contributed by atoms with Gasteiger partial charge in [0.25, 0.3) is 13.1 Å². The van der Waals surface area contributed by atoms with Crippen LogP contribution < -0.4 is 0 Å². The number of fused-ring (bicyclic) bond motifs is 7. The van der Waals surface area contributed by atoms with Crippen LogP contribution in [0.2, 0.25) is 0 Å². The summed E-state index contributed by atoms with van der Waals surface area (Å²) in [4.78, 5) is 47.4. The molecule has 6 nitrogen and oxygen atoms in total. The first-order chi connectivity index (χ1) is 15.5. The summed E-state index contributed by atoms with van der Waals surface area (Å²) in [6.07, 6.45) is 5.77. The third-order valence-electron chi connectivity index (χ3n) is 11.8. The number of rotatable bonds is 2. The van der Waals surface area contributed by atoms with Crippen LogP contribution in [0.15, 0.2) is 0 Å². The monoisotopic (exact) mass is 452 g/mol. The normalized spacial score (nSPS) is 52.6. The Morgan fingerprint density at radius 3 is 2.33 bits per heavy atom. The van der Waals surface area contributed by atoms with Crippen molar-refractivity contribution in [2.24, 2.45) is 39.9 Å². The number of aliphatic carboxylic acids is 1. The summed E-state index contributed by atoms with van der Waals surface area (Å²) >= 11 is 0. The number of ketones is 2. The number of carbonyl (C=O) groups is 3. The second kappa shape index (κ2) is 6.68. The van der Waals surface area contributed by atoms with Gasteiger partial charge < -0.3 is 5.11 Å². The molecule has 0 saturated heterocycles. The molecule has 1 N–H and O–H groups in total. The van der Waals surface area contributed by atoms with Crippen LogP contribution in [0, 0.1) is 53.1 Å². The maximum atomic E-state index is 14.1. The molecule has 5 aliphatic carbocycles. The first kappa shape index (κ1) is 22.6. The third kappa shape index (κ3) is 2.41. The highest BCUT2D eigenvalue weighted by atomic mass is 16.4. The topological polar surface area (TPSA) is 80.2 Å². The number of Topliss-reactive ketones (excluding diaryl/α,β-unsaturated/α-hetero) is 2. The van der Waals surface area contributed by atoms with Crippen LogP contribution in [0.4, 0.5) is 0 Å². The van der Waals surface area contributed by atoms with Crippen molar-refractivity contribution in [3.05, 3.63) is 9.69 Å². The smallest absolute Gasteiger partial charge is 0.304 e. The zero-order valence-electron chi connectivity index (χ0n) is 20.1. The number of hydrogen-bond acceptors (Lipinski definition) is 3. The third-order valence-corrected chi connectivity index (χ3v) is 11.8. The Labute approximate surface area is 196 Å². The maximum Gasteiger partial charge on any atom is 0.304 e. The van der Waals surface area contributed by atoms with E-state index in [0.29, 0.717) is 38.5 Å². The van der Waals surface area contributed by atoms with Crippen molar-refractivity contribution in [2.45, 2.75) is 96.1 Å². The molecule has 5 aliphatic rings. The number of carboxylic acids is 1. The first-order valence-electron chi connectivity index (χ1n) is 12.6. The average molecular weight is 453 g/mol. The molecule has 0 aromatic carbocycles. The number of nitrogens with zero attached hydrogens (tertiary/aromatic N) is 2. The van der Waals surface area contributed by atoms with E-state index in [1.807, 2.05) is 0 Å². The van der Waals surface area contributed by atoms with Crippen LogP contribution >= 0.6 is 0 Å². The van der Waals surface area contributed by atoms with Crippen molar-refractivity contribution in [1.82, 2.24) is 0 Å². The van der Waals surface area contributed by atoms with Gasteiger partial charge in [0.2, 0.25) is 0 Å². The molecule has 5 saturated carbocycles. The molecule has 0 aromatic heterocycles. The summed E-state index contributed by atoms with van der Waals surface area (Å²) in [6.45, 7) is 19.1. The Bertz CT molecular complexity index is 1040. The highest BCUT2D eigenvalue weighted by Crippen LogP contribution is 2.84. The Kier molecular flexibility index (Phi) is 4.57. The molecular formula is C27H36N2O4+2. The fourth-order valence-corrected chi connectivity index (χ4v) is 10.2. The van der Waals surface area contributed by atoms with Gasteiger partial charge in [-0.1, -0.05) is 30.5 Å². The van der Waals surface area contributed by atoms with Crippen molar-refractivity contribution >= 4 is 17.5 Å². The van der Waals surface area contributed by atoms with Gasteiger partial charge in [0.15, 0.2) is 11.7 Å². The van der Waals surface area contributed by atoms with Crippen molar-refractivity contribution in [1.29, 1.82) is 0 Å². The van der Waals surface area contributed by atoms with Gasteiger partial charge in [-0.15, -0.1) is 0 Å². The van der Waals surface area contributed by atoms with E-state index < -0.39 is 23.0 Å². The predicted octanol–water partition coefficient (Wildman–Crippen LogP) is 5.06. The van der Waals surface area contributed by atoms with Crippen molar-refractivity contribution < 1.29 is 19.5 Å². The fourth-order valence-electron chi connectivity index (χ4n) is 10.2. The molecular weight excluding hydrogens is 416 g/mol. The summed E-state index contributed by atoms with van der Waals surface area (Å²) < 4.78 is 0. The zero-order valence-corrected chi connectivity index (χ0v) is 20.1. The van der Waals surface area contributed by atoms with Gasteiger partial charge in [-0.05, 0) is 48.9 Å². The molecule has 176 valence electrons. The summed E-state index contributed by atoms with van der Waals surface area (Å²) in [5.41, 5.74) is -2.56. The number of carboxylic acid groups (broad SMARTS) is 1. The number of hydrogen-bond donors (Lipinski definition) is 1. The molecule has 5 rings (SSSR count). The minimum Gasteiger partial charge on any atom is -0.481 e. The van der Waals surface area contributed by atoms with Crippen molar-refractivity contribution in [3.8, 4) is 13.1 Å². The molecule has 0 heterocycles. The van der Waals surface area contributed by atoms with Gasteiger partial charge in [0, 0.05) is 38.5 Å². The van der Waals surface area contributed by atoms with Gasteiger partial charge in [-0.3, -0.25) is 14.4 Å². The maximum absolute atomic E-state index is 14.1. The molecule has 33 heavy (non-hydrogen) atoms. The van der Waals surface area contributed by atoms with E-state index in [9.17, 15) is 19.5 Å². The standard InChI is InChI=1S/C27H35N2O4/c1-16-19(14-21(32)33)25(16)9-11-27(29-5)22-20(31)13-17-12-18(30)6-7-23(2,15-17)26(22,28-4)10-8-24(25,27)3/h4-5,16-17,19,22H,6-15H2,1-3H3/q+1/p+1/t16-,17-,19?,22-,23+,24-,25?,26-,27-/m1/s1. The van der Waals surface area contributed by atoms with E-state index in [4.69, 9.17) is 13.1 Å². The summed E-state index contributed by atoms with van der Waals surface area (Å²) in [5.74, 6) is -0.651. The molecule has 0 amide bonds. The van der Waals surface area contributed by atoms with Gasteiger partial charge in [0.1, 0.15) is 5.78 Å². The molecule has 0 radical (unpaired) electrons. The fraction of sp³-hybridized carbons (Fsp3) is 0.815. The molecule has 2 unspecified atom stereocenters. The molecule has 1 spiro atoms. The van der Waals surface area contributed by atoms with Gasteiger partial charge in [-0.25, -0.2) is 0 Å². The lowest BCUT2D eigenvalue weighted by Gasteiger charge is -2.51. The van der Waals surface area contributed by atoms with E-state index in [-0.39, 0.29) is 52.0 Å². The summed E-state index contributed by atoms with van der Waals surface area (Å²) in [6, 6.07) is 0. The largest absolute Gasteiger partial charge is 0.481 e. The van der Waals surface area contributed by atoms with E-state index >= 15 is 0 Å². The van der Waals surface area contributed by atoms with Crippen molar-refractivity contribution in [2.75, 3.05) is 0 Å². The summed E-state index contributed by atoms with van der Waals surface area (Å²) in [7, 11) is 0. The molecule has 9 atom stereocenters. The van der Waals surface area contributed by atoms with E-state index in [1.54, 1.807) is 0 Å². The van der Waals surface area contributed by atoms with Crippen LogP contribution in [-0.4, -0.2) is 33.7 Å². The minimum atomic E-state index is -0.813. The Hall–Kier alpha value is -2.21. The minimum absolute atomic E-state index is 0.0118. The van der Waals surface area contributed by atoms with Crippen LogP contribution in [-0.2, 0) is 14.4 Å². The summed E-state index contributed by atoms with van der Waals surface area (Å²) in [5, 5.41) is 9.56. The quantitative estimate of drug-likeness (QED) is 0.635. The van der Waals surface area contributed by atoms with Crippen LogP contribution in [0.25, 0.3) is 9.69 Å². The highest BCUT2D eigenvalue weighted by molar-refractivity contribution is 5.88. The SMILES string of the molecule is C#[N+][C@]12CC[C@]3(C)C4(CC[C@@]3([N+]#C)[C@@H]1C(=O)C[C@H]1CC(=O)CC[C@@]2(C)C1)C(CC(=O)O)[C@H]4C. The first-order valence-corrected chi connectivity index (χ1v) is 12.6. The van der Waals surface area contributed by atoms with E-state index in [2.05, 4.69) is 30.5 Å². The molecule has 6 heteroatoms. The lowest BCUT2D eigenvalue weighted by atomic mass is 9.44. The van der Waals surface area contributed by atoms with Crippen LogP contribution in [0.3, 0.4) is 0 Å². The highest BCUT2D eigenvalue weighted by Gasteiger charge is 2.91. The average Bonchev–Trinajstić information content (AvgIpc) is 3.28. The van der Waals surface area contributed by atoms with E-state index in [1.165, 1.54) is 0 Å². The lowest BCUT2D eigenvalue weighted by molar-refractivity contribution is -0.139. The predicted molar refractivity (Wildman–Crippen MR) is 124 cm³/mol. The van der Waals surface area contributed by atoms with Gasteiger partial charge >= 0.3 is 17.0 Å². The Balaban J connectivity index is 1.67. The van der Waals surface area contributed by atoms with Gasteiger partial charge in [0.05, 0.1) is 10.8 Å². The lowest BCUT2D eigenvalue weighted by Crippen LogP contribution is -2.67. The molecule has 5 fully saturated rings. The van der Waals surface area contributed by atoms with Crippen LogP contribution in [0.1, 0.15) is 85.0 Å². The molecule has 2 bridgehead atoms. The molecule has 0 aliphatic heterocycles. The second-order valence-electron chi connectivity index (χ2n) is 12.4. The van der Waals surface area contributed by atoms with Crippen LogP contribution in [0.5, 0.6) is 0 Å². The number of carbonyl (C=O) groups excluding carboxylic acids is 2. The van der Waals surface area contributed by atoms with E-state index in [0.717, 1.165) is 19.3 Å². The Morgan fingerprint density at radius 2 is 1.70 bits per heavy atom. The van der Waals surface area contributed by atoms with Gasteiger partial charge in [-0.2, -0.15) is 0 Å². The Morgan fingerprint density at radius 1 is 1.03 bits per heavy atom.